The molecule has 8 nitrogen and oxygen atoms in total. The summed E-state index contributed by atoms with van der Waals surface area (Å²) in [5, 5.41) is 18.5. The number of nitro groups is 1. The van der Waals surface area contributed by atoms with Gasteiger partial charge in [0.1, 0.15) is 0 Å². The molecule has 0 aliphatic carbocycles. The number of benzene rings is 1. The molecule has 0 saturated heterocycles. The molecule has 1 amide bonds. The highest BCUT2D eigenvalue weighted by Gasteiger charge is 2.23. The average Bonchev–Trinajstić information content (AvgIpc) is 2.37. The van der Waals surface area contributed by atoms with Gasteiger partial charge >= 0.3 is 0 Å². The Labute approximate surface area is 122 Å². The molecular weight excluding hydrogens is 298 g/mol. The predicted octanol–water partition coefficient (Wildman–Crippen LogP) is 1.08. The number of nitro benzene ring substituents is 1. The van der Waals surface area contributed by atoms with Crippen LogP contribution in [-0.4, -0.2) is 25.8 Å². The van der Waals surface area contributed by atoms with E-state index in [1.54, 1.807) is 0 Å². The van der Waals surface area contributed by atoms with Crippen LogP contribution in [0.1, 0.15) is 35.7 Å². The van der Waals surface area contributed by atoms with Crippen LogP contribution in [0.25, 0.3) is 0 Å². The molecule has 0 heterocycles. The minimum atomic E-state index is -4.14. The van der Waals surface area contributed by atoms with Crippen LogP contribution in [-0.2, 0) is 10.0 Å². The number of nitrogens with zero attached hydrogens (tertiary/aromatic N) is 1. The molecule has 21 heavy (non-hydrogen) atoms. The third-order valence-corrected chi connectivity index (χ3v) is 3.83. The Bertz CT molecular complexity index is 670. The SMILES string of the molecule is CCCCNC(=O)c1cc(S(N)(=O)=O)cc([N+](=O)[O-])c1C. The van der Waals surface area contributed by atoms with E-state index in [0.717, 1.165) is 25.0 Å². The van der Waals surface area contributed by atoms with Gasteiger partial charge in [0.05, 0.1) is 15.4 Å². The van der Waals surface area contributed by atoms with Gasteiger partial charge in [-0.25, -0.2) is 13.6 Å². The number of hydrogen-bond donors (Lipinski definition) is 2. The van der Waals surface area contributed by atoms with E-state index in [4.69, 9.17) is 5.14 Å². The summed E-state index contributed by atoms with van der Waals surface area (Å²) in [6.07, 6.45) is 1.62. The third-order valence-electron chi connectivity index (χ3n) is 2.94. The lowest BCUT2D eigenvalue weighted by Gasteiger charge is -2.09. The first kappa shape index (κ1) is 17.1. The largest absolute Gasteiger partial charge is 0.352 e. The van der Waals surface area contributed by atoms with Crippen molar-refractivity contribution >= 4 is 21.6 Å². The molecule has 0 saturated carbocycles. The molecular formula is C12H17N3O5S. The Morgan fingerprint density at radius 1 is 1.43 bits per heavy atom. The minimum absolute atomic E-state index is 0.0654. The zero-order chi connectivity index (χ0) is 16.2. The van der Waals surface area contributed by atoms with Crippen LogP contribution >= 0.6 is 0 Å². The van der Waals surface area contributed by atoms with Gasteiger partial charge in [0.25, 0.3) is 11.6 Å². The summed E-state index contributed by atoms with van der Waals surface area (Å²) in [4.78, 5) is 21.8. The first-order chi connectivity index (χ1) is 9.68. The molecule has 1 aromatic carbocycles. The van der Waals surface area contributed by atoms with Crippen molar-refractivity contribution < 1.29 is 18.1 Å². The van der Waals surface area contributed by atoms with E-state index >= 15 is 0 Å². The van der Waals surface area contributed by atoms with Crippen molar-refractivity contribution in [2.24, 2.45) is 5.14 Å². The Morgan fingerprint density at radius 3 is 2.52 bits per heavy atom. The average molecular weight is 315 g/mol. The van der Waals surface area contributed by atoms with E-state index in [2.05, 4.69) is 5.32 Å². The minimum Gasteiger partial charge on any atom is -0.352 e. The summed E-state index contributed by atoms with van der Waals surface area (Å²) in [7, 11) is -4.14. The molecule has 116 valence electrons. The number of sulfonamides is 1. The predicted molar refractivity (Wildman–Crippen MR) is 76.4 cm³/mol. The number of carbonyl (C=O) groups excluding carboxylic acids is 1. The van der Waals surface area contributed by atoms with Gasteiger partial charge < -0.3 is 5.32 Å². The second-order valence-corrected chi connectivity index (χ2v) is 6.09. The lowest BCUT2D eigenvalue weighted by atomic mass is 10.1. The van der Waals surface area contributed by atoms with Crippen molar-refractivity contribution in [1.82, 2.24) is 5.32 Å². The van der Waals surface area contributed by atoms with Gasteiger partial charge in [-0.15, -0.1) is 0 Å². The van der Waals surface area contributed by atoms with Crippen LogP contribution in [0.4, 0.5) is 5.69 Å². The van der Waals surface area contributed by atoms with Crippen molar-refractivity contribution in [1.29, 1.82) is 0 Å². The van der Waals surface area contributed by atoms with E-state index in [9.17, 15) is 23.3 Å². The smallest absolute Gasteiger partial charge is 0.274 e. The molecule has 0 bridgehead atoms. The Morgan fingerprint density at radius 2 is 2.05 bits per heavy atom. The molecule has 0 radical (unpaired) electrons. The van der Waals surface area contributed by atoms with Crippen molar-refractivity contribution in [3.05, 3.63) is 33.4 Å². The Kier molecular flexibility index (Phi) is 5.39. The van der Waals surface area contributed by atoms with E-state index in [1.165, 1.54) is 6.92 Å². The molecule has 1 rings (SSSR count). The lowest BCUT2D eigenvalue weighted by molar-refractivity contribution is -0.385. The summed E-state index contributed by atoms with van der Waals surface area (Å²) < 4.78 is 22.8. The Balaban J connectivity index is 3.33. The highest BCUT2D eigenvalue weighted by molar-refractivity contribution is 7.89. The summed E-state index contributed by atoms with van der Waals surface area (Å²) in [5.41, 5.74) is -0.423. The molecule has 3 N–H and O–H groups in total. The maximum atomic E-state index is 12.0. The fraction of sp³-hybridized carbons (Fsp3) is 0.417. The summed E-state index contributed by atoms with van der Waals surface area (Å²) in [6, 6.07) is 1.91. The van der Waals surface area contributed by atoms with Gasteiger partial charge in [-0.2, -0.15) is 0 Å². The monoisotopic (exact) mass is 315 g/mol. The zero-order valence-corrected chi connectivity index (χ0v) is 12.6. The molecule has 0 fully saturated rings. The number of hydrogen-bond acceptors (Lipinski definition) is 5. The summed E-state index contributed by atoms with van der Waals surface area (Å²) in [5.74, 6) is -0.561. The number of amides is 1. The van der Waals surface area contributed by atoms with Crippen molar-refractivity contribution in [2.45, 2.75) is 31.6 Å². The maximum absolute atomic E-state index is 12.0. The topological polar surface area (TPSA) is 132 Å². The number of carbonyl (C=O) groups is 1. The number of primary sulfonamides is 1. The first-order valence-electron chi connectivity index (χ1n) is 6.28. The van der Waals surface area contributed by atoms with Crippen LogP contribution in [0.3, 0.4) is 0 Å². The van der Waals surface area contributed by atoms with E-state index in [1.807, 2.05) is 6.92 Å². The molecule has 0 atom stereocenters. The second kappa shape index (κ2) is 6.64. The van der Waals surface area contributed by atoms with Gasteiger partial charge in [0.15, 0.2) is 0 Å². The Hall–Kier alpha value is -2.00. The lowest BCUT2D eigenvalue weighted by Crippen LogP contribution is -2.26. The van der Waals surface area contributed by atoms with Crippen molar-refractivity contribution in [3.63, 3.8) is 0 Å². The summed E-state index contributed by atoms with van der Waals surface area (Å²) >= 11 is 0. The van der Waals surface area contributed by atoms with Gasteiger partial charge in [-0.1, -0.05) is 13.3 Å². The number of unbranched alkanes of at least 4 members (excludes halogenated alkanes) is 1. The normalized spacial score (nSPS) is 11.2. The number of rotatable bonds is 6. The molecule has 0 aromatic heterocycles. The fourth-order valence-corrected chi connectivity index (χ4v) is 2.29. The van der Waals surface area contributed by atoms with Crippen LogP contribution < -0.4 is 10.5 Å². The van der Waals surface area contributed by atoms with E-state index in [0.29, 0.717) is 6.54 Å². The summed E-state index contributed by atoms with van der Waals surface area (Å²) in [6.45, 7) is 3.74. The molecule has 9 heteroatoms. The zero-order valence-electron chi connectivity index (χ0n) is 11.8. The fourth-order valence-electron chi connectivity index (χ4n) is 1.74. The quantitative estimate of drug-likeness (QED) is 0.460. The van der Waals surface area contributed by atoms with Crippen molar-refractivity contribution in [3.8, 4) is 0 Å². The van der Waals surface area contributed by atoms with Crippen molar-refractivity contribution in [2.75, 3.05) is 6.54 Å². The van der Waals surface area contributed by atoms with E-state index in [-0.39, 0.29) is 11.1 Å². The third kappa shape index (κ3) is 4.23. The van der Waals surface area contributed by atoms with Gasteiger partial charge in [0.2, 0.25) is 10.0 Å². The molecule has 0 aliphatic heterocycles. The highest BCUT2D eigenvalue weighted by atomic mass is 32.2. The first-order valence-corrected chi connectivity index (χ1v) is 7.83. The number of nitrogens with one attached hydrogen (secondary N) is 1. The standard InChI is InChI=1S/C12H17N3O5S/c1-3-4-5-14-12(16)10-6-9(21(13,19)20)7-11(8(10)2)15(17)18/h6-7H,3-5H2,1-2H3,(H,14,16)(H2,13,19,20). The van der Waals surface area contributed by atoms with Crippen LogP contribution in [0, 0.1) is 17.0 Å². The number of nitrogens with two attached hydrogens (primary N) is 1. The molecule has 0 unspecified atom stereocenters. The molecule has 0 spiro atoms. The molecule has 0 aliphatic rings. The van der Waals surface area contributed by atoms with Crippen LogP contribution in [0.5, 0.6) is 0 Å². The van der Waals surface area contributed by atoms with Crippen LogP contribution in [0.2, 0.25) is 0 Å². The molecule has 1 aromatic rings. The highest BCUT2D eigenvalue weighted by Crippen LogP contribution is 2.25. The second-order valence-electron chi connectivity index (χ2n) is 4.53. The van der Waals surface area contributed by atoms with Gasteiger partial charge in [-0.05, 0) is 19.4 Å². The van der Waals surface area contributed by atoms with Gasteiger partial charge in [-0.3, -0.25) is 14.9 Å². The van der Waals surface area contributed by atoms with Gasteiger partial charge in [0, 0.05) is 18.2 Å². The van der Waals surface area contributed by atoms with E-state index < -0.39 is 31.4 Å². The van der Waals surface area contributed by atoms with Crippen LogP contribution in [0.15, 0.2) is 17.0 Å². The maximum Gasteiger partial charge on any atom is 0.274 e.